The smallest absolute Gasteiger partial charge is 0.159 e. The van der Waals surface area contributed by atoms with Crippen LogP contribution < -0.4 is 4.90 Å². The van der Waals surface area contributed by atoms with Crippen LogP contribution in [0.25, 0.3) is 0 Å². The number of benzene rings is 1. The Labute approximate surface area is 114 Å². The van der Waals surface area contributed by atoms with Crippen molar-refractivity contribution in [2.75, 3.05) is 38.1 Å². The Kier molecular flexibility index (Phi) is 3.42. The molecule has 19 heavy (non-hydrogen) atoms. The summed E-state index contributed by atoms with van der Waals surface area (Å²) in [6.45, 7) is 6.43. The van der Waals surface area contributed by atoms with Crippen LogP contribution in [0.1, 0.15) is 25.0 Å². The molecule has 1 atom stereocenters. The van der Waals surface area contributed by atoms with E-state index < -0.39 is 0 Å². The molecule has 0 aliphatic carbocycles. The quantitative estimate of drug-likeness (QED) is 0.815. The van der Waals surface area contributed by atoms with Gasteiger partial charge in [-0.05, 0) is 20.0 Å². The fourth-order valence-corrected chi connectivity index (χ4v) is 2.76. The highest BCUT2D eigenvalue weighted by molar-refractivity contribution is 5.83. The fraction of sp³-hybridized carbons (Fsp3) is 0.533. The highest BCUT2D eigenvalue weighted by atomic mass is 16.6. The van der Waals surface area contributed by atoms with Gasteiger partial charge in [0.1, 0.15) is 0 Å². The normalized spacial score (nSPS) is 24.2. The van der Waals surface area contributed by atoms with E-state index in [1.165, 1.54) is 11.3 Å². The third-order valence-electron chi connectivity index (χ3n) is 3.94. The van der Waals surface area contributed by atoms with Crippen LogP contribution >= 0.6 is 0 Å². The number of piperazine rings is 1. The van der Waals surface area contributed by atoms with Crippen molar-refractivity contribution in [2.45, 2.75) is 19.4 Å². The topological polar surface area (TPSA) is 28.1 Å². The van der Waals surface area contributed by atoms with Crippen molar-refractivity contribution in [3.63, 3.8) is 0 Å². The molecule has 0 radical (unpaired) electrons. The highest BCUT2D eigenvalue weighted by Crippen LogP contribution is 2.34. The van der Waals surface area contributed by atoms with Crippen molar-refractivity contribution in [3.05, 3.63) is 29.8 Å². The number of rotatable bonds is 2. The molecule has 3 rings (SSSR count). The first-order chi connectivity index (χ1) is 9.24. The zero-order valence-electron chi connectivity index (χ0n) is 11.7. The minimum Gasteiger partial charge on any atom is -0.387 e. The number of hydrogen-bond donors (Lipinski definition) is 0. The van der Waals surface area contributed by atoms with Crippen LogP contribution in [0.15, 0.2) is 29.4 Å². The lowest BCUT2D eigenvalue weighted by Crippen LogP contribution is -2.44. The van der Waals surface area contributed by atoms with Crippen LogP contribution in [0.3, 0.4) is 0 Å². The molecule has 0 unspecified atom stereocenters. The van der Waals surface area contributed by atoms with Crippen LogP contribution in [-0.2, 0) is 4.84 Å². The van der Waals surface area contributed by atoms with E-state index in [0.717, 1.165) is 38.3 Å². The molecule has 1 aromatic rings. The monoisotopic (exact) mass is 259 g/mol. The molecule has 1 saturated heterocycles. The van der Waals surface area contributed by atoms with Crippen molar-refractivity contribution in [3.8, 4) is 0 Å². The lowest BCUT2D eigenvalue weighted by atomic mass is 10.0. The number of anilines is 1. The second-order valence-electron chi connectivity index (χ2n) is 5.47. The molecule has 2 aliphatic rings. The molecule has 0 saturated carbocycles. The Balaban J connectivity index is 1.81. The summed E-state index contributed by atoms with van der Waals surface area (Å²) in [5, 5.41) is 4.08. The molecule has 4 heteroatoms. The summed E-state index contributed by atoms with van der Waals surface area (Å²) in [7, 11) is 2.18. The zero-order valence-corrected chi connectivity index (χ0v) is 11.7. The standard InChI is InChI=1S/C15H21N3O/c1-12-11-15(19-16-12)13-5-3-4-6-14(13)18-9-7-17(2)8-10-18/h3-6,15H,7-11H2,1-2H3/t15-/m1/s1. The molecule has 0 amide bonds. The molecule has 1 aromatic carbocycles. The predicted octanol–water partition coefficient (Wildman–Crippen LogP) is 2.28. The summed E-state index contributed by atoms with van der Waals surface area (Å²) < 4.78 is 0. The first-order valence-electron chi connectivity index (χ1n) is 6.96. The van der Waals surface area contributed by atoms with Gasteiger partial charge in [0.25, 0.3) is 0 Å². The summed E-state index contributed by atoms with van der Waals surface area (Å²) >= 11 is 0. The van der Waals surface area contributed by atoms with Gasteiger partial charge in [0.05, 0.1) is 5.71 Å². The van der Waals surface area contributed by atoms with E-state index in [-0.39, 0.29) is 6.10 Å². The Hall–Kier alpha value is -1.55. The average molecular weight is 259 g/mol. The van der Waals surface area contributed by atoms with E-state index in [2.05, 4.69) is 46.3 Å². The largest absolute Gasteiger partial charge is 0.387 e. The van der Waals surface area contributed by atoms with Crippen LogP contribution in [0, 0.1) is 0 Å². The molecular weight excluding hydrogens is 238 g/mol. The van der Waals surface area contributed by atoms with Gasteiger partial charge in [-0.15, -0.1) is 0 Å². The van der Waals surface area contributed by atoms with E-state index >= 15 is 0 Å². The highest BCUT2D eigenvalue weighted by Gasteiger charge is 2.25. The van der Waals surface area contributed by atoms with Crippen molar-refractivity contribution in [1.82, 2.24) is 4.90 Å². The van der Waals surface area contributed by atoms with Gasteiger partial charge in [-0.25, -0.2) is 0 Å². The van der Waals surface area contributed by atoms with Crippen molar-refractivity contribution < 1.29 is 4.84 Å². The summed E-state index contributed by atoms with van der Waals surface area (Å²) in [5.74, 6) is 0. The minimum atomic E-state index is 0.0934. The number of nitrogens with zero attached hydrogens (tertiary/aromatic N) is 3. The third-order valence-corrected chi connectivity index (χ3v) is 3.94. The van der Waals surface area contributed by atoms with E-state index in [4.69, 9.17) is 4.84 Å². The van der Waals surface area contributed by atoms with Gasteiger partial charge in [0.2, 0.25) is 0 Å². The second-order valence-corrected chi connectivity index (χ2v) is 5.47. The summed E-state index contributed by atoms with van der Waals surface area (Å²) in [5.41, 5.74) is 3.66. The van der Waals surface area contributed by atoms with E-state index in [0.29, 0.717) is 0 Å². The molecular formula is C15H21N3O. The van der Waals surface area contributed by atoms with Gasteiger partial charge in [0, 0.05) is 43.9 Å². The summed E-state index contributed by atoms with van der Waals surface area (Å²) in [6, 6.07) is 8.58. The van der Waals surface area contributed by atoms with Crippen LogP contribution in [0.4, 0.5) is 5.69 Å². The van der Waals surface area contributed by atoms with Crippen LogP contribution in [-0.4, -0.2) is 43.8 Å². The van der Waals surface area contributed by atoms with Gasteiger partial charge in [-0.2, -0.15) is 0 Å². The van der Waals surface area contributed by atoms with Gasteiger partial charge in [0.15, 0.2) is 6.10 Å². The van der Waals surface area contributed by atoms with Crippen LogP contribution in [0.2, 0.25) is 0 Å². The Morgan fingerprint density at radius 2 is 1.89 bits per heavy atom. The summed E-state index contributed by atoms with van der Waals surface area (Å²) in [6.07, 6.45) is 1.00. The SMILES string of the molecule is CC1=NO[C@@H](c2ccccc2N2CCN(C)CC2)C1. The fourth-order valence-electron chi connectivity index (χ4n) is 2.76. The first-order valence-corrected chi connectivity index (χ1v) is 6.96. The number of oxime groups is 1. The molecule has 0 bridgehead atoms. The third kappa shape index (κ3) is 2.59. The molecule has 1 fully saturated rings. The molecule has 0 N–H and O–H groups in total. The van der Waals surface area contributed by atoms with E-state index in [1.54, 1.807) is 0 Å². The lowest BCUT2D eigenvalue weighted by Gasteiger charge is -2.35. The Morgan fingerprint density at radius 1 is 1.16 bits per heavy atom. The van der Waals surface area contributed by atoms with Gasteiger partial charge < -0.3 is 14.6 Å². The molecule has 0 aromatic heterocycles. The predicted molar refractivity (Wildman–Crippen MR) is 77.7 cm³/mol. The maximum atomic E-state index is 5.55. The van der Waals surface area contributed by atoms with Crippen molar-refractivity contribution in [1.29, 1.82) is 0 Å². The van der Waals surface area contributed by atoms with E-state index in [9.17, 15) is 0 Å². The molecule has 2 aliphatic heterocycles. The van der Waals surface area contributed by atoms with Crippen molar-refractivity contribution in [2.24, 2.45) is 5.16 Å². The Morgan fingerprint density at radius 3 is 2.58 bits per heavy atom. The van der Waals surface area contributed by atoms with Crippen LogP contribution in [0.5, 0.6) is 0 Å². The Bertz CT molecular complexity index is 478. The van der Waals surface area contributed by atoms with Gasteiger partial charge in [-0.3, -0.25) is 0 Å². The molecule has 0 spiro atoms. The number of hydrogen-bond acceptors (Lipinski definition) is 4. The lowest BCUT2D eigenvalue weighted by molar-refractivity contribution is 0.0859. The molecule has 4 nitrogen and oxygen atoms in total. The molecule has 2 heterocycles. The summed E-state index contributed by atoms with van der Waals surface area (Å²) in [4.78, 5) is 10.4. The zero-order chi connectivity index (χ0) is 13.2. The first kappa shape index (κ1) is 12.5. The van der Waals surface area contributed by atoms with Gasteiger partial charge in [-0.1, -0.05) is 23.4 Å². The van der Waals surface area contributed by atoms with Crippen molar-refractivity contribution >= 4 is 11.4 Å². The maximum absolute atomic E-state index is 5.55. The number of para-hydroxylation sites is 1. The van der Waals surface area contributed by atoms with E-state index in [1.807, 2.05) is 6.92 Å². The number of likely N-dealkylation sites (N-methyl/N-ethyl adjacent to an activating group) is 1. The minimum absolute atomic E-state index is 0.0934. The maximum Gasteiger partial charge on any atom is 0.159 e. The second kappa shape index (κ2) is 5.21. The van der Waals surface area contributed by atoms with Gasteiger partial charge >= 0.3 is 0 Å². The molecule has 102 valence electrons. The average Bonchev–Trinajstić information content (AvgIpc) is 2.86.